The summed E-state index contributed by atoms with van der Waals surface area (Å²) in [7, 11) is 0. The number of aromatic nitrogens is 2. The number of aromatic hydroxyl groups is 1. The van der Waals surface area contributed by atoms with E-state index in [0.29, 0.717) is 6.54 Å². The van der Waals surface area contributed by atoms with Crippen LogP contribution >= 0.6 is 0 Å². The molecule has 0 aliphatic heterocycles. The first-order valence-electron chi connectivity index (χ1n) is 4.68. The Balaban J connectivity index is 2.11. The maximum Gasteiger partial charge on any atom is 0.153 e. The van der Waals surface area contributed by atoms with Crippen LogP contribution in [0.3, 0.4) is 0 Å². The fourth-order valence-electron chi connectivity index (χ4n) is 1.38. The van der Waals surface area contributed by atoms with Gasteiger partial charge in [0, 0.05) is 0 Å². The van der Waals surface area contributed by atoms with Gasteiger partial charge < -0.3 is 10.2 Å². The summed E-state index contributed by atoms with van der Waals surface area (Å²) in [6.45, 7) is 0.676. The minimum absolute atomic E-state index is 0.0584. The molecule has 1 aromatic heterocycles. The topological polar surface area (TPSA) is 58.3 Å². The van der Waals surface area contributed by atoms with Crippen molar-refractivity contribution >= 4 is 0 Å². The summed E-state index contributed by atoms with van der Waals surface area (Å²) in [5.74, 6) is 0.168. The van der Waals surface area contributed by atoms with Crippen molar-refractivity contribution in [1.29, 1.82) is 0 Å². The van der Waals surface area contributed by atoms with Gasteiger partial charge in [-0.1, -0.05) is 24.3 Å². The van der Waals surface area contributed by atoms with Gasteiger partial charge in [0.15, 0.2) is 5.75 Å². The third kappa shape index (κ3) is 2.35. The largest absolute Gasteiger partial charge is 0.505 e. The summed E-state index contributed by atoms with van der Waals surface area (Å²) >= 11 is 0. The summed E-state index contributed by atoms with van der Waals surface area (Å²) in [4.78, 5) is 0. The molecule has 0 saturated carbocycles. The smallest absolute Gasteiger partial charge is 0.153 e. The van der Waals surface area contributed by atoms with E-state index >= 15 is 0 Å². The zero-order chi connectivity index (χ0) is 10.7. The SMILES string of the molecule is OCc1ccc(Cn2cc(O)cn2)cc1. The van der Waals surface area contributed by atoms with E-state index in [1.165, 1.54) is 6.20 Å². The summed E-state index contributed by atoms with van der Waals surface area (Å²) < 4.78 is 1.66. The molecule has 2 rings (SSSR count). The van der Waals surface area contributed by atoms with Crippen LogP contribution < -0.4 is 0 Å². The van der Waals surface area contributed by atoms with Crippen LogP contribution in [-0.4, -0.2) is 20.0 Å². The zero-order valence-corrected chi connectivity index (χ0v) is 8.17. The maximum absolute atomic E-state index is 9.10. The van der Waals surface area contributed by atoms with Gasteiger partial charge in [0.25, 0.3) is 0 Å². The van der Waals surface area contributed by atoms with Crippen LogP contribution in [0.5, 0.6) is 5.75 Å². The first-order valence-corrected chi connectivity index (χ1v) is 4.68. The molecule has 15 heavy (non-hydrogen) atoms. The summed E-state index contributed by atoms with van der Waals surface area (Å²) in [6.07, 6.45) is 2.97. The molecule has 0 spiro atoms. The predicted molar refractivity (Wildman–Crippen MR) is 55.4 cm³/mol. The number of aliphatic hydroxyl groups excluding tert-OH is 1. The van der Waals surface area contributed by atoms with E-state index < -0.39 is 0 Å². The standard InChI is InChI=1S/C11H12N2O2/c14-8-10-3-1-9(2-4-10)6-13-7-11(15)5-12-13/h1-5,7,14-15H,6,8H2. The Labute approximate surface area is 87.4 Å². The monoisotopic (exact) mass is 204 g/mol. The summed E-state index contributed by atoms with van der Waals surface area (Å²) in [5.41, 5.74) is 1.97. The average molecular weight is 204 g/mol. The lowest BCUT2D eigenvalue weighted by molar-refractivity contribution is 0.282. The fraction of sp³-hybridized carbons (Fsp3) is 0.182. The third-order valence-electron chi connectivity index (χ3n) is 2.17. The predicted octanol–water partition coefficient (Wildman–Crippen LogP) is 1.13. The molecule has 2 aromatic rings. The van der Waals surface area contributed by atoms with Crippen LogP contribution in [0.2, 0.25) is 0 Å². The molecule has 78 valence electrons. The molecule has 0 atom stereocenters. The molecule has 4 nitrogen and oxygen atoms in total. The first kappa shape index (κ1) is 9.73. The second-order valence-corrected chi connectivity index (χ2v) is 3.37. The van der Waals surface area contributed by atoms with Gasteiger partial charge in [0.1, 0.15) is 0 Å². The molecule has 0 radical (unpaired) electrons. The van der Waals surface area contributed by atoms with Crippen molar-refractivity contribution in [3.8, 4) is 5.75 Å². The second kappa shape index (κ2) is 4.14. The Morgan fingerprint density at radius 3 is 2.33 bits per heavy atom. The molecule has 0 aliphatic carbocycles. The third-order valence-corrected chi connectivity index (χ3v) is 2.17. The quantitative estimate of drug-likeness (QED) is 0.788. The molecular weight excluding hydrogens is 192 g/mol. The van der Waals surface area contributed by atoms with E-state index in [1.54, 1.807) is 10.9 Å². The molecule has 1 aromatic carbocycles. The lowest BCUT2D eigenvalue weighted by atomic mass is 10.1. The van der Waals surface area contributed by atoms with Gasteiger partial charge in [-0.3, -0.25) is 4.68 Å². The molecule has 1 heterocycles. The maximum atomic E-state index is 9.10. The van der Waals surface area contributed by atoms with Crippen LogP contribution in [-0.2, 0) is 13.2 Å². The van der Waals surface area contributed by atoms with Crippen LogP contribution in [0.1, 0.15) is 11.1 Å². The second-order valence-electron chi connectivity index (χ2n) is 3.37. The average Bonchev–Trinajstić information content (AvgIpc) is 2.65. The number of hydrogen-bond acceptors (Lipinski definition) is 3. The number of hydrogen-bond donors (Lipinski definition) is 2. The van der Waals surface area contributed by atoms with Gasteiger partial charge >= 0.3 is 0 Å². The Bertz CT molecular complexity index is 434. The van der Waals surface area contributed by atoms with E-state index in [4.69, 9.17) is 10.2 Å². The summed E-state index contributed by atoms with van der Waals surface area (Å²) in [6, 6.07) is 7.62. The van der Waals surface area contributed by atoms with Gasteiger partial charge in [0.2, 0.25) is 0 Å². The molecule has 0 unspecified atom stereocenters. The number of benzene rings is 1. The highest BCUT2D eigenvalue weighted by atomic mass is 16.3. The van der Waals surface area contributed by atoms with Crippen molar-refractivity contribution in [3.63, 3.8) is 0 Å². The van der Waals surface area contributed by atoms with Crippen LogP contribution in [0.4, 0.5) is 0 Å². The summed E-state index contributed by atoms with van der Waals surface area (Å²) in [5, 5.41) is 21.9. The van der Waals surface area contributed by atoms with Gasteiger partial charge in [0.05, 0.1) is 25.5 Å². The van der Waals surface area contributed by atoms with Crippen molar-refractivity contribution in [2.75, 3.05) is 0 Å². The molecular formula is C11H12N2O2. The van der Waals surface area contributed by atoms with Gasteiger partial charge in [-0.2, -0.15) is 5.10 Å². The van der Waals surface area contributed by atoms with Crippen LogP contribution in [0, 0.1) is 0 Å². The van der Waals surface area contributed by atoms with Gasteiger partial charge in [-0.15, -0.1) is 0 Å². The van der Waals surface area contributed by atoms with Crippen molar-refractivity contribution in [3.05, 3.63) is 47.8 Å². The van der Waals surface area contributed by atoms with E-state index in [1.807, 2.05) is 24.3 Å². The van der Waals surface area contributed by atoms with Crippen molar-refractivity contribution in [2.45, 2.75) is 13.2 Å². The van der Waals surface area contributed by atoms with Crippen molar-refractivity contribution in [1.82, 2.24) is 9.78 Å². The minimum Gasteiger partial charge on any atom is -0.505 e. The van der Waals surface area contributed by atoms with E-state index in [2.05, 4.69) is 5.10 Å². The van der Waals surface area contributed by atoms with E-state index in [0.717, 1.165) is 11.1 Å². The lowest BCUT2D eigenvalue weighted by Crippen LogP contribution is -1.99. The molecule has 2 N–H and O–H groups in total. The Morgan fingerprint density at radius 1 is 1.13 bits per heavy atom. The fourth-order valence-corrected chi connectivity index (χ4v) is 1.38. The number of aliphatic hydroxyl groups is 1. The van der Waals surface area contributed by atoms with E-state index in [9.17, 15) is 0 Å². The van der Waals surface area contributed by atoms with Gasteiger partial charge in [-0.05, 0) is 11.1 Å². The Morgan fingerprint density at radius 2 is 1.80 bits per heavy atom. The van der Waals surface area contributed by atoms with Gasteiger partial charge in [-0.25, -0.2) is 0 Å². The molecule has 0 saturated heterocycles. The Kier molecular flexibility index (Phi) is 2.69. The Hall–Kier alpha value is -1.81. The molecule has 0 amide bonds. The molecule has 0 bridgehead atoms. The number of nitrogens with zero attached hydrogens (tertiary/aromatic N) is 2. The highest BCUT2D eigenvalue weighted by Crippen LogP contribution is 2.09. The molecule has 0 fully saturated rings. The van der Waals surface area contributed by atoms with Crippen molar-refractivity contribution < 1.29 is 10.2 Å². The number of rotatable bonds is 3. The lowest BCUT2D eigenvalue weighted by Gasteiger charge is -2.02. The van der Waals surface area contributed by atoms with Crippen LogP contribution in [0.25, 0.3) is 0 Å². The van der Waals surface area contributed by atoms with Crippen LogP contribution in [0.15, 0.2) is 36.7 Å². The highest BCUT2D eigenvalue weighted by molar-refractivity contribution is 5.22. The highest BCUT2D eigenvalue weighted by Gasteiger charge is 1.98. The van der Waals surface area contributed by atoms with Crippen molar-refractivity contribution in [2.24, 2.45) is 0 Å². The first-order chi connectivity index (χ1) is 7.28. The zero-order valence-electron chi connectivity index (χ0n) is 8.17. The molecule has 4 heteroatoms. The van der Waals surface area contributed by atoms with E-state index in [-0.39, 0.29) is 12.4 Å². The molecule has 0 aliphatic rings. The minimum atomic E-state index is 0.0584. The normalized spacial score (nSPS) is 10.5.